The van der Waals surface area contributed by atoms with Crippen molar-refractivity contribution in [1.29, 1.82) is 0 Å². The molecule has 0 amide bonds. The van der Waals surface area contributed by atoms with Crippen LogP contribution in [-0.4, -0.2) is 31.0 Å². The van der Waals surface area contributed by atoms with Crippen molar-refractivity contribution < 1.29 is 23.4 Å². The van der Waals surface area contributed by atoms with Gasteiger partial charge in [-0.2, -0.15) is 0 Å². The molecule has 1 aromatic heterocycles. The summed E-state index contributed by atoms with van der Waals surface area (Å²) in [7, 11) is 3.22. The SMILES string of the molecule is COc1ccc(NC(=S)N(Cc2ccc3c(c2)OCO3)Cc2ccco2)c(OC)c1. The first kappa shape index (κ1) is 19.9. The molecule has 0 saturated heterocycles. The van der Waals surface area contributed by atoms with Gasteiger partial charge in [-0.25, -0.2) is 0 Å². The zero-order chi connectivity index (χ0) is 20.9. The van der Waals surface area contributed by atoms with Crippen LogP contribution in [0.15, 0.2) is 59.2 Å². The van der Waals surface area contributed by atoms with Gasteiger partial charge in [0.1, 0.15) is 17.3 Å². The van der Waals surface area contributed by atoms with E-state index < -0.39 is 0 Å². The Balaban J connectivity index is 1.55. The Morgan fingerprint density at radius 2 is 1.90 bits per heavy atom. The molecule has 0 fully saturated rings. The third-order valence-electron chi connectivity index (χ3n) is 4.67. The maximum atomic E-state index is 5.73. The maximum Gasteiger partial charge on any atom is 0.231 e. The van der Waals surface area contributed by atoms with Gasteiger partial charge >= 0.3 is 0 Å². The van der Waals surface area contributed by atoms with Gasteiger partial charge in [0, 0.05) is 12.6 Å². The molecule has 2 aromatic carbocycles. The maximum absolute atomic E-state index is 5.73. The largest absolute Gasteiger partial charge is 0.497 e. The smallest absolute Gasteiger partial charge is 0.231 e. The van der Waals surface area contributed by atoms with Crippen molar-refractivity contribution in [2.75, 3.05) is 26.3 Å². The lowest BCUT2D eigenvalue weighted by Crippen LogP contribution is -2.33. The van der Waals surface area contributed by atoms with Crippen molar-refractivity contribution >= 4 is 23.0 Å². The molecule has 1 aliphatic rings. The second-order valence-corrected chi connectivity index (χ2v) is 7.01. The summed E-state index contributed by atoms with van der Waals surface area (Å²) < 4.78 is 27.2. The van der Waals surface area contributed by atoms with Crippen molar-refractivity contribution in [1.82, 2.24) is 4.90 Å². The van der Waals surface area contributed by atoms with Gasteiger partial charge in [-0.1, -0.05) is 6.07 Å². The Kier molecular flexibility index (Phi) is 5.94. The first-order valence-corrected chi connectivity index (χ1v) is 9.76. The number of benzene rings is 2. The van der Waals surface area contributed by atoms with Gasteiger partial charge in [0.15, 0.2) is 16.6 Å². The second kappa shape index (κ2) is 8.96. The van der Waals surface area contributed by atoms with Gasteiger partial charge in [-0.15, -0.1) is 0 Å². The molecule has 0 unspecified atom stereocenters. The fourth-order valence-electron chi connectivity index (χ4n) is 3.15. The molecule has 0 saturated carbocycles. The normalized spacial score (nSPS) is 11.8. The topological polar surface area (TPSA) is 65.3 Å². The van der Waals surface area contributed by atoms with Gasteiger partial charge in [0.05, 0.1) is 32.7 Å². The van der Waals surface area contributed by atoms with Crippen molar-refractivity contribution in [2.24, 2.45) is 0 Å². The average molecular weight is 426 g/mol. The standard InChI is InChI=1S/C22H22N2O5S/c1-25-16-6-7-18(20(11-16)26-2)23-22(30)24(13-17-4-3-9-27-17)12-15-5-8-19-21(10-15)29-14-28-19/h3-11H,12-14H2,1-2H3,(H,23,30). The number of methoxy groups -OCH3 is 2. The summed E-state index contributed by atoms with van der Waals surface area (Å²) >= 11 is 5.73. The molecule has 4 rings (SSSR count). The molecule has 3 aromatic rings. The van der Waals surface area contributed by atoms with Gasteiger partial charge in [0.2, 0.25) is 6.79 Å². The molecule has 2 heterocycles. The van der Waals surface area contributed by atoms with Crippen LogP contribution in [0.25, 0.3) is 0 Å². The first-order valence-electron chi connectivity index (χ1n) is 9.35. The van der Waals surface area contributed by atoms with Crippen LogP contribution in [0.1, 0.15) is 11.3 Å². The minimum atomic E-state index is 0.242. The molecule has 8 heteroatoms. The minimum Gasteiger partial charge on any atom is -0.497 e. The van der Waals surface area contributed by atoms with Gasteiger partial charge < -0.3 is 33.6 Å². The molecule has 156 valence electrons. The Hall–Kier alpha value is -3.39. The van der Waals surface area contributed by atoms with Crippen LogP contribution in [0.2, 0.25) is 0 Å². The van der Waals surface area contributed by atoms with Crippen LogP contribution >= 0.6 is 12.2 Å². The molecule has 1 N–H and O–H groups in total. The lowest BCUT2D eigenvalue weighted by atomic mass is 10.2. The molecular weight excluding hydrogens is 404 g/mol. The van der Waals surface area contributed by atoms with E-state index in [0.717, 1.165) is 28.5 Å². The van der Waals surface area contributed by atoms with Crippen molar-refractivity contribution in [3.63, 3.8) is 0 Å². The highest BCUT2D eigenvalue weighted by Crippen LogP contribution is 2.33. The number of fused-ring (bicyclic) bond motifs is 1. The number of anilines is 1. The van der Waals surface area contributed by atoms with Crippen molar-refractivity contribution in [2.45, 2.75) is 13.1 Å². The van der Waals surface area contributed by atoms with E-state index >= 15 is 0 Å². The van der Waals surface area contributed by atoms with E-state index in [1.165, 1.54) is 0 Å². The molecule has 0 radical (unpaired) electrons. The third-order valence-corrected chi connectivity index (χ3v) is 5.03. The molecule has 0 aliphatic carbocycles. The van der Waals surface area contributed by atoms with Gasteiger partial charge in [-0.3, -0.25) is 0 Å². The molecule has 0 bridgehead atoms. The summed E-state index contributed by atoms with van der Waals surface area (Å²) in [4.78, 5) is 2.01. The average Bonchev–Trinajstić information content (AvgIpc) is 3.45. The number of nitrogens with zero attached hydrogens (tertiary/aromatic N) is 1. The predicted molar refractivity (Wildman–Crippen MR) is 116 cm³/mol. The first-order chi connectivity index (χ1) is 14.7. The quantitative estimate of drug-likeness (QED) is 0.557. The number of furan rings is 1. The second-order valence-electron chi connectivity index (χ2n) is 6.62. The third kappa shape index (κ3) is 4.44. The summed E-state index contributed by atoms with van der Waals surface area (Å²) in [6, 6.07) is 15.2. The van der Waals surface area contributed by atoms with Crippen LogP contribution in [0, 0.1) is 0 Å². The molecule has 1 aliphatic heterocycles. The number of thiocarbonyl (C=S) groups is 1. The van der Waals surface area contributed by atoms with Gasteiger partial charge in [-0.05, 0) is 54.2 Å². The molecule has 7 nitrogen and oxygen atoms in total. The van der Waals surface area contributed by atoms with E-state index in [-0.39, 0.29) is 6.79 Å². The van der Waals surface area contributed by atoms with Crippen molar-refractivity contribution in [3.05, 3.63) is 66.1 Å². The molecule has 30 heavy (non-hydrogen) atoms. The Labute approximate surface area is 180 Å². The fourth-order valence-corrected chi connectivity index (χ4v) is 3.38. The summed E-state index contributed by atoms with van der Waals surface area (Å²) in [5.41, 5.74) is 1.79. The molecular formula is C22H22N2O5S. The van der Waals surface area contributed by atoms with E-state index in [9.17, 15) is 0 Å². The predicted octanol–water partition coefficient (Wildman–Crippen LogP) is 4.42. The Morgan fingerprint density at radius 3 is 2.67 bits per heavy atom. The van der Waals surface area contributed by atoms with E-state index in [4.69, 9.17) is 35.6 Å². The van der Waals surface area contributed by atoms with E-state index in [0.29, 0.717) is 29.7 Å². The Bertz CT molecular complexity index is 1020. The van der Waals surface area contributed by atoms with Crippen LogP contribution in [0.5, 0.6) is 23.0 Å². The lowest BCUT2D eigenvalue weighted by Gasteiger charge is -2.26. The summed E-state index contributed by atoms with van der Waals surface area (Å²) in [5.74, 6) is 3.64. The zero-order valence-corrected chi connectivity index (χ0v) is 17.5. The van der Waals surface area contributed by atoms with Crippen LogP contribution < -0.4 is 24.3 Å². The number of nitrogens with one attached hydrogen (secondary N) is 1. The highest BCUT2D eigenvalue weighted by Gasteiger charge is 2.18. The number of ether oxygens (including phenoxy) is 4. The number of hydrogen-bond acceptors (Lipinski definition) is 6. The minimum absolute atomic E-state index is 0.242. The highest BCUT2D eigenvalue weighted by atomic mass is 32.1. The molecule has 0 spiro atoms. The number of hydrogen-bond donors (Lipinski definition) is 1. The Morgan fingerprint density at radius 1 is 1.03 bits per heavy atom. The zero-order valence-electron chi connectivity index (χ0n) is 16.7. The van der Waals surface area contributed by atoms with Crippen LogP contribution in [0.3, 0.4) is 0 Å². The van der Waals surface area contributed by atoms with E-state index in [1.54, 1.807) is 26.5 Å². The highest BCUT2D eigenvalue weighted by molar-refractivity contribution is 7.80. The van der Waals surface area contributed by atoms with Crippen LogP contribution in [-0.2, 0) is 13.1 Å². The summed E-state index contributed by atoms with van der Waals surface area (Å²) in [5, 5.41) is 3.81. The van der Waals surface area contributed by atoms with Gasteiger partial charge in [0.25, 0.3) is 0 Å². The lowest BCUT2D eigenvalue weighted by molar-refractivity contribution is 0.174. The van der Waals surface area contributed by atoms with Crippen LogP contribution in [0.4, 0.5) is 5.69 Å². The fraction of sp³-hybridized carbons (Fsp3) is 0.227. The monoisotopic (exact) mass is 426 g/mol. The van der Waals surface area contributed by atoms with E-state index in [1.807, 2.05) is 47.4 Å². The summed E-state index contributed by atoms with van der Waals surface area (Å²) in [6.45, 7) is 1.31. The number of rotatable bonds is 7. The van der Waals surface area contributed by atoms with Crippen molar-refractivity contribution in [3.8, 4) is 23.0 Å². The van der Waals surface area contributed by atoms with E-state index in [2.05, 4.69) is 5.32 Å². The summed E-state index contributed by atoms with van der Waals surface area (Å²) in [6.07, 6.45) is 1.65. The molecule has 0 atom stereocenters.